The van der Waals surface area contributed by atoms with Gasteiger partial charge in [-0.05, 0) is 37.5 Å². The summed E-state index contributed by atoms with van der Waals surface area (Å²) in [6.45, 7) is 13.6. The molecule has 114 valence electrons. The van der Waals surface area contributed by atoms with Crippen LogP contribution in [0.5, 0.6) is 0 Å². The van der Waals surface area contributed by atoms with Crippen LogP contribution in [-0.4, -0.2) is 37.3 Å². The fraction of sp³-hybridized carbons (Fsp3) is 0.933. The number of hydrogen-bond acceptors (Lipinski definition) is 2. The third-order valence-corrected chi connectivity index (χ3v) is 3.74. The molecule has 0 bridgehead atoms. The Hall–Kier alpha value is -0.770. The molecule has 0 aromatic heterocycles. The molecule has 0 saturated heterocycles. The highest BCUT2D eigenvalue weighted by molar-refractivity contribution is 5.79. The molecule has 0 radical (unpaired) electrons. The van der Waals surface area contributed by atoms with Crippen LogP contribution in [0.3, 0.4) is 0 Å². The molecule has 4 nitrogen and oxygen atoms in total. The van der Waals surface area contributed by atoms with Gasteiger partial charge in [0, 0.05) is 26.2 Å². The zero-order valence-corrected chi connectivity index (χ0v) is 13.4. The Morgan fingerprint density at radius 3 is 2.21 bits per heavy atom. The fourth-order valence-electron chi connectivity index (χ4n) is 2.03. The molecule has 0 aromatic carbocycles. The van der Waals surface area contributed by atoms with Crippen molar-refractivity contribution in [3.05, 3.63) is 0 Å². The summed E-state index contributed by atoms with van der Waals surface area (Å²) < 4.78 is 0. The third-order valence-electron chi connectivity index (χ3n) is 3.74. The molecule has 0 unspecified atom stereocenters. The van der Waals surface area contributed by atoms with E-state index in [4.69, 9.17) is 4.99 Å². The summed E-state index contributed by atoms with van der Waals surface area (Å²) in [4.78, 5) is 4.70. The average Bonchev–Trinajstić information content (AvgIpc) is 2.40. The lowest BCUT2D eigenvalue weighted by atomic mass is 9.79. The second-order valence-electron chi connectivity index (χ2n) is 5.65. The van der Waals surface area contributed by atoms with Crippen LogP contribution < -0.4 is 10.6 Å². The average molecular weight is 271 g/mol. The van der Waals surface area contributed by atoms with E-state index in [9.17, 15) is 5.11 Å². The second kappa shape index (κ2) is 10.1. The lowest BCUT2D eigenvalue weighted by Crippen LogP contribution is -2.40. The number of hydrogen-bond donors (Lipinski definition) is 3. The Balaban J connectivity index is 4.62. The minimum Gasteiger partial charge on any atom is -0.396 e. The van der Waals surface area contributed by atoms with E-state index in [0.29, 0.717) is 5.92 Å². The summed E-state index contributed by atoms with van der Waals surface area (Å²) in [5.41, 5.74) is 0.134. The molecule has 3 N–H and O–H groups in total. The molecule has 0 amide bonds. The Kier molecular flexibility index (Phi) is 9.66. The quantitative estimate of drug-likeness (QED) is 0.446. The standard InChI is InChI=1S/C15H33N3O/c1-6-15(7-2,9-10-19)12-18-14(16-8-3)17-11-13(4)5/h13,19H,6-12H2,1-5H3,(H2,16,17,18). The maximum atomic E-state index is 9.23. The number of nitrogens with one attached hydrogen (secondary N) is 2. The van der Waals surface area contributed by atoms with Crippen molar-refractivity contribution in [3.8, 4) is 0 Å². The number of rotatable bonds is 9. The van der Waals surface area contributed by atoms with E-state index in [-0.39, 0.29) is 12.0 Å². The van der Waals surface area contributed by atoms with Gasteiger partial charge in [-0.2, -0.15) is 0 Å². The van der Waals surface area contributed by atoms with Gasteiger partial charge in [-0.25, -0.2) is 0 Å². The molecule has 0 rings (SSSR count). The van der Waals surface area contributed by atoms with Crippen LogP contribution in [0.1, 0.15) is 53.9 Å². The fourth-order valence-corrected chi connectivity index (χ4v) is 2.03. The van der Waals surface area contributed by atoms with Crippen molar-refractivity contribution in [2.45, 2.75) is 53.9 Å². The molecule has 19 heavy (non-hydrogen) atoms. The minimum atomic E-state index is 0.134. The summed E-state index contributed by atoms with van der Waals surface area (Å²) in [6.07, 6.45) is 2.93. The Labute approximate surface area is 119 Å². The summed E-state index contributed by atoms with van der Waals surface area (Å²) in [5, 5.41) is 15.9. The molecule has 0 heterocycles. The third kappa shape index (κ3) is 7.41. The first kappa shape index (κ1) is 18.2. The summed E-state index contributed by atoms with van der Waals surface area (Å²) in [6, 6.07) is 0. The molecule has 4 heteroatoms. The SMILES string of the molecule is CCNC(=NCC(CC)(CC)CCO)NCC(C)C. The maximum absolute atomic E-state index is 9.23. The topological polar surface area (TPSA) is 56.7 Å². The molecule has 0 aliphatic heterocycles. The van der Waals surface area contributed by atoms with Crippen LogP contribution in [0.25, 0.3) is 0 Å². The molecule has 0 spiro atoms. The highest BCUT2D eigenvalue weighted by Gasteiger charge is 2.25. The number of guanidine groups is 1. The van der Waals surface area contributed by atoms with Gasteiger partial charge in [-0.1, -0.05) is 27.7 Å². The molecule has 0 atom stereocenters. The van der Waals surface area contributed by atoms with Crippen LogP contribution in [0.4, 0.5) is 0 Å². The molecule has 0 aliphatic carbocycles. The van der Waals surface area contributed by atoms with E-state index in [0.717, 1.165) is 44.9 Å². The van der Waals surface area contributed by atoms with E-state index in [2.05, 4.69) is 45.3 Å². The Morgan fingerprint density at radius 2 is 1.79 bits per heavy atom. The monoisotopic (exact) mass is 271 g/mol. The van der Waals surface area contributed by atoms with Crippen molar-refractivity contribution < 1.29 is 5.11 Å². The predicted molar refractivity (Wildman–Crippen MR) is 83.5 cm³/mol. The zero-order valence-electron chi connectivity index (χ0n) is 13.4. The largest absolute Gasteiger partial charge is 0.396 e. The molecular formula is C15H33N3O. The van der Waals surface area contributed by atoms with Gasteiger partial charge in [0.2, 0.25) is 0 Å². The van der Waals surface area contributed by atoms with Gasteiger partial charge in [0.05, 0.1) is 0 Å². The first-order valence-electron chi connectivity index (χ1n) is 7.66. The highest BCUT2D eigenvalue weighted by Crippen LogP contribution is 2.30. The number of aliphatic hydroxyl groups is 1. The number of aliphatic hydroxyl groups excluding tert-OH is 1. The van der Waals surface area contributed by atoms with Crippen molar-refractivity contribution in [1.82, 2.24) is 10.6 Å². The van der Waals surface area contributed by atoms with Gasteiger partial charge in [-0.15, -0.1) is 0 Å². The first-order valence-corrected chi connectivity index (χ1v) is 7.66. The Bertz CT molecular complexity index is 248. The van der Waals surface area contributed by atoms with Crippen LogP contribution >= 0.6 is 0 Å². The van der Waals surface area contributed by atoms with Gasteiger partial charge >= 0.3 is 0 Å². The van der Waals surface area contributed by atoms with Gasteiger partial charge in [0.25, 0.3) is 0 Å². The maximum Gasteiger partial charge on any atom is 0.191 e. The summed E-state index contributed by atoms with van der Waals surface area (Å²) >= 11 is 0. The van der Waals surface area contributed by atoms with Crippen molar-refractivity contribution in [2.75, 3.05) is 26.2 Å². The first-order chi connectivity index (χ1) is 9.03. The van der Waals surface area contributed by atoms with Gasteiger partial charge in [-0.3, -0.25) is 4.99 Å². The van der Waals surface area contributed by atoms with Crippen LogP contribution in [0.15, 0.2) is 4.99 Å². The number of nitrogens with zero attached hydrogens (tertiary/aromatic N) is 1. The van der Waals surface area contributed by atoms with Crippen LogP contribution in [0.2, 0.25) is 0 Å². The van der Waals surface area contributed by atoms with Gasteiger partial charge < -0.3 is 15.7 Å². The molecule has 0 saturated carbocycles. The summed E-state index contributed by atoms with van der Waals surface area (Å²) in [7, 11) is 0. The van der Waals surface area contributed by atoms with E-state index in [1.54, 1.807) is 0 Å². The lowest BCUT2D eigenvalue weighted by Gasteiger charge is -2.29. The van der Waals surface area contributed by atoms with E-state index >= 15 is 0 Å². The smallest absolute Gasteiger partial charge is 0.191 e. The predicted octanol–water partition coefficient (Wildman–Crippen LogP) is 2.39. The van der Waals surface area contributed by atoms with Gasteiger partial charge in [0.15, 0.2) is 5.96 Å². The van der Waals surface area contributed by atoms with Crippen LogP contribution in [-0.2, 0) is 0 Å². The van der Waals surface area contributed by atoms with E-state index in [1.165, 1.54) is 0 Å². The lowest BCUT2D eigenvalue weighted by molar-refractivity contribution is 0.175. The van der Waals surface area contributed by atoms with E-state index < -0.39 is 0 Å². The zero-order chi connectivity index (χ0) is 14.7. The normalized spacial score (nSPS) is 12.9. The molecule has 0 fully saturated rings. The van der Waals surface area contributed by atoms with Crippen LogP contribution in [0, 0.1) is 11.3 Å². The molecule has 0 aromatic rings. The van der Waals surface area contributed by atoms with Crippen molar-refractivity contribution in [1.29, 1.82) is 0 Å². The van der Waals surface area contributed by atoms with Crippen molar-refractivity contribution >= 4 is 5.96 Å². The van der Waals surface area contributed by atoms with Gasteiger partial charge in [0.1, 0.15) is 0 Å². The minimum absolute atomic E-state index is 0.134. The molecule has 0 aliphatic rings. The van der Waals surface area contributed by atoms with Crippen molar-refractivity contribution in [2.24, 2.45) is 16.3 Å². The molecular weight excluding hydrogens is 238 g/mol. The Morgan fingerprint density at radius 1 is 1.16 bits per heavy atom. The van der Waals surface area contributed by atoms with E-state index in [1.807, 2.05) is 0 Å². The summed E-state index contributed by atoms with van der Waals surface area (Å²) in [5.74, 6) is 1.49. The second-order valence-corrected chi connectivity index (χ2v) is 5.65. The van der Waals surface area contributed by atoms with Crippen molar-refractivity contribution in [3.63, 3.8) is 0 Å². The highest BCUT2D eigenvalue weighted by atomic mass is 16.3. The number of aliphatic imine (C=N–C) groups is 1.